The highest BCUT2D eigenvalue weighted by Crippen LogP contribution is 2.27. The number of nitrogens with zero attached hydrogens (tertiary/aromatic N) is 1. The number of thiol groups is 1. The van der Waals surface area contributed by atoms with E-state index in [1.807, 2.05) is 23.2 Å². The number of halogens is 1. The molecule has 1 atom stereocenters. The molecule has 2 rings (SSSR count). The second-order valence-electron chi connectivity index (χ2n) is 3.59. The Kier molecular flexibility index (Phi) is 3.45. The first-order valence-corrected chi connectivity index (χ1v) is 5.89. The summed E-state index contributed by atoms with van der Waals surface area (Å²) in [6, 6.07) is 7.29. The molecule has 17 heavy (non-hydrogen) atoms. The third-order valence-electron chi connectivity index (χ3n) is 2.47. The summed E-state index contributed by atoms with van der Waals surface area (Å²) in [7, 11) is 0. The van der Waals surface area contributed by atoms with Gasteiger partial charge in [0.1, 0.15) is 5.37 Å². The van der Waals surface area contributed by atoms with E-state index in [-0.39, 0.29) is 5.37 Å². The van der Waals surface area contributed by atoms with Crippen LogP contribution in [0.2, 0.25) is 5.02 Å². The molecule has 1 aromatic rings. The van der Waals surface area contributed by atoms with Gasteiger partial charge in [0.2, 0.25) is 5.91 Å². The summed E-state index contributed by atoms with van der Waals surface area (Å²) in [5.74, 6) is -0.465. The van der Waals surface area contributed by atoms with E-state index in [9.17, 15) is 4.79 Å². The van der Waals surface area contributed by atoms with Crippen LogP contribution in [0.4, 0.5) is 5.69 Å². The van der Waals surface area contributed by atoms with Crippen LogP contribution in [0.5, 0.6) is 0 Å². The van der Waals surface area contributed by atoms with E-state index in [0.29, 0.717) is 10.6 Å². The van der Waals surface area contributed by atoms with Crippen LogP contribution in [0.1, 0.15) is 0 Å². The first-order chi connectivity index (χ1) is 8.09. The van der Waals surface area contributed by atoms with Gasteiger partial charge in [0, 0.05) is 22.5 Å². The molecule has 88 valence electrons. The van der Waals surface area contributed by atoms with Gasteiger partial charge in [0.15, 0.2) is 0 Å². The maximum atomic E-state index is 11.2. The molecular formula is C12H11ClN2OS. The fourth-order valence-electron chi connectivity index (χ4n) is 1.61. The van der Waals surface area contributed by atoms with Gasteiger partial charge in [-0.05, 0) is 36.4 Å². The Hall–Kier alpha value is -1.39. The minimum Gasteiger partial charge on any atom is -0.366 e. The predicted molar refractivity (Wildman–Crippen MR) is 73.1 cm³/mol. The fraction of sp³-hybridized carbons (Fsp3) is 0.0833. The van der Waals surface area contributed by atoms with Crippen molar-refractivity contribution in [1.29, 1.82) is 0 Å². The van der Waals surface area contributed by atoms with Crippen molar-refractivity contribution in [3.63, 3.8) is 0 Å². The van der Waals surface area contributed by atoms with Crippen molar-refractivity contribution in [2.24, 2.45) is 5.73 Å². The van der Waals surface area contributed by atoms with Crippen LogP contribution >= 0.6 is 24.2 Å². The maximum absolute atomic E-state index is 11.2. The van der Waals surface area contributed by atoms with Gasteiger partial charge >= 0.3 is 0 Å². The summed E-state index contributed by atoms with van der Waals surface area (Å²) >= 11 is 10.2. The van der Waals surface area contributed by atoms with E-state index >= 15 is 0 Å². The summed E-state index contributed by atoms with van der Waals surface area (Å²) in [5.41, 5.74) is 6.65. The summed E-state index contributed by atoms with van der Waals surface area (Å²) in [6.45, 7) is 0. The van der Waals surface area contributed by atoms with Gasteiger partial charge in [0.25, 0.3) is 0 Å². The molecule has 0 fully saturated rings. The number of hydrogen-bond donors (Lipinski definition) is 2. The fourth-order valence-corrected chi connectivity index (χ4v) is 2.16. The van der Waals surface area contributed by atoms with Crippen LogP contribution in [0, 0.1) is 0 Å². The molecule has 1 aliphatic heterocycles. The van der Waals surface area contributed by atoms with Crippen molar-refractivity contribution in [1.82, 2.24) is 0 Å². The Bertz CT molecular complexity index is 496. The summed E-state index contributed by atoms with van der Waals surface area (Å²) in [4.78, 5) is 13.1. The first-order valence-electron chi connectivity index (χ1n) is 5.00. The number of allylic oxidation sites excluding steroid dienone is 2. The lowest BCUT2D eigenvalue weighted by molar-refractivity contribution is -0.114. The number of carbonyl (C=O) groups is 1. The number of primary amides is 1. The molecule has 0 aromatic heterocycles. The van der Waals surface area contributed by atoms with Gasteiger partial charge in [-0.2, -0.15) is 0 Å². The standard InChI is InChI=1S/C12H11ClN2OS/c13-8-3-5-9(6-4-8)15-7-1-2-10(11(14)16)12(15)17/h1-7,12,17H,(H2,14,16). The highest BCUT2D eigenvalue weighted by atomic mass is 35.5. The van der Waals surface area contributed by atoms with Crippen LogP contribution < -0.4 is 10.6 Å². The second kappa shape index (κ2) is 4.85. The number of benzene rings is 1. The SMILES string of the molecule is NC(=O)C1=CC=CN(c2ccc(Cl)cc2)C1S. The van der Waals surface area contributed by atoms with Crippen molar-refractivity contribution in [3.8, 4) is 0 Å². The number of carbonyl (C=O) groups excluding carboxylic acids is 1. The van der Waals surface area contributed by atoms with Crippen LogP contribution in [0.15, 0.2) is 48.2 Å². The zero-order valence-corrected chi connectivity index (χ0v) is 10.5. The van der Waals surface area contributed by atoms with E-state index in [4.69, 9.17) is 17.3 Å². The number of rotatable bonds is 2. The number of hydrogen-bond acceptors (Lipinski definition) is 3. The molecule has 5 heteroatoms. The summed E-state index contributed by atoms with van der Waals surface area (Å²) in [5, 5.41) is 0.287. The van der Waals surface area contributed by atoms with Crippen LogP contribution in [0.3, 0.4) is 0 Å². The molecule has 2 N–H and O–H groups in total. The molecule has 0 aliphatic carbocycles. The molecule has 0 saturated heterocycles. The van der Waals surface area contributed by atoms with Gasteiger partial charge in [-0.3, -0.25) is 4.79 Å². The third kappa shape index (κ3) is 2.48. The maximum Gasteiger partial charge on any atom is 0.247 e. The normalized spacial score (nSPS) is 19.1. The Morgan fingerprint density at radius 2 is 2.00 bits per heavy atom. The molecular weight excluding hydrogens is 256 g/mol. The third-order valence-corrected chi connectivity index (χ3v) is 3.25. The van der Waals surface area contributed by atoms with E-state index in [0.717, 1.165) is 5.69 Å². The predicted octanol–water partition coefficient (Wildman–Crippen LogP) is 2.34. The largest absolute Gasteiger partial charge is 0.366 e. The van der Waals surface area contributed by atoms with Gasteiger partial charge in [-0.25, -0.2) is 0 Å². The van der Waals surface area contributed by atoms with Crippen molar-refractivity contribution >= 4 is 35.8 Å². The number of anilines is 1. The molecule has 0 radical (unpaired) electrons. The zero-order valence-electron chi connectivity index (χ0n) is 8.88. The molecule has 1 aliphatic rings. The molecule has 1 unspecified atom stereocenters. The monoisotopic (exact) mass is 266 g/mol. The second-order valence-corrected chi connectivity index (χ2v) is 4.51. The lowest BCUT2D eigenvalue weighted by Crippen LogP contribution is -2.35. The smallest absolute Gasteiger partial charge is 0.247 e. The molecule has 0 saturated carbocycles. The Labute approximate surface area is 110 Å². The van der Waals surface area contributed by atoms with E-state index < -0.39 is 5.91 Å². The van der Waals surface area contributed by atoms with Crippen molar-refractivity contribution in [2.75, 3.05) is 4.90 Å². The lowest BCUT2D eigenvalue weighted by atomic mass is 10.1. The molecule has 1 amide bonds. The van der Waals surface area contributed by atoms with Crippen molar-refractivity contribution in [2.45, 2.75) is 5.37 Å². The average Bonchev–Trinajstić information content (AvgIpc) is 2.30. The van der Waals surface area contributed by atoms with E-state index in [1.165, 1.54) is 0 Å². The topological polar surface area (TPSA) is 46.3 Å². The summed E-state index contributed by atoms with van der Waals surface area (Å²) < 4.78 is 0. The Morgan fingerprint density at radius 1 is 1.35 bits per heavy atom. The van der Waals surface area contributed by atoms with E-state index in [2.05, 4.69) is 12.6 Å². The number of nitrogens with two attached hydrogens (primary N) is 1. The molecule has 3 nitrogen and oxygen atoms in total. The first kappa shape index (κ1) is 12.1. The highest BCUT2D eigenvalue weighted by Gasteiger charge is 2.23. The van der Waals surface area contributed by atoms with Crippen molar-refractivity contribution in [3.05, 3.63) is 53.2 Å². The summed E-state index contributed by atoms with van der Waals surface area (Å²) in [6.07, 6.45) is 5.28. The Balaban J connectivity index is 2.30. The van der Waals surface area contributed by atoms with Gasteiger partial charge < -0.3 is 10.6 Å². The van der Waals surface area contributed by atoms with Gasteiger partial charge in [-0.1, -0.05) is 11.6 Å². The van der Waals surface area contributed by atoms with Gasteiger partial charge in [-0.15, -0.1) is 12.6 Å². The van der Waals surface area contributed by atoms with Crippen LogP contribution in [0.25, 0.3) is 0 Å². The number of amides is 1. The van der Waals surface area contributed by atoms with Gasteiger partial charge in [0.05, 0.1) is 0 Å². The van der Waals surface area contributed by atoms with E-state index in [1.54, 1.807) is 24.3 Å². The molecule has 1 aromatic carbocycles. The minimum atomic E-state index is -0.465. The lowest BCUT2D eigenvalue weighted by Gasteiger charge is -2.30. The minimum absolute atomic E-state index is 0.376. The molecule has 0 spiro atoms. The average molecular weight is 267 g/mol. The molecule has 0 bridgehead atoms. The van der Waals surface area contributed by atoms with Crippen LogP contribution in [-0.4, -0.2) is 11.3 Å². The van der Waals surface area contributed by atoms with Crippen LogP contribution in [-0.2, 0) is 4.79 Å². The Morgan fingerprint density at radius 3 is 2.59 bits per heavy atom. The van der Waals surface area contributed by atoms with Crippen molar-refractivity contribution < 1.29 is 4.79 Å². The highest BCUT2D eigenvalue weighted by molar-refractivity contribution is 7.81. The molecule has 1 heterocycles. The zero-order chi connectivity index (χ0) is 12.4. The quantitative estimate of drug-likeness (QED) is 0.807.